The number of rotatable bonds is 4. The zero-order valence-electron chi connectivity index (χ0n) is 11.4. The van der Waals surface area contributed by atoms with Gasteiger partial charge in [-0.1, -0.05) is 33.6 Å². The number of benzene rings is 2. The van der Waals surface area contributed by atoms with Gasteiger partial charge in [0.05, 0.1) is 23.3 Å². The molecule has 2 aromatic carbocycles. The summed E-state index contributed by atoms with van der Waals surface area (Å²) >= 11 is 16.7. The van der Waals surface area contributed by atoms with Crippen molar-refractivity contribution in [3.8, 4) is 5.75 Å². The molecule has 0 radical (unpaired) electrons. The summed E-state index contributed by atoms with van der Waals surface area (Å²) in [6.07, 6.45) is 0. The van der Waals surface area contributed by atoms with Gasteiger partial charge < -0.3 is 10.1 Å². The van der Waals surface area contributed by atoms with E-state index >= 15 is 0 Å². The number of nitrogens with one attached hydrogen (secondary N) is 1. The predicted octanol–water partition coefficient (Wildman–Crippen LogP) is 6.81. The van der Waals surface area contributed by atoms with Crippen LogP contribution in [-0.4, -0.2) is 7.11 Å². The van der Waals surface area contributed by atoms with Crippen molar-refractivity contribution in [3.05, 3.63) is 54.3 Å². The number of hydrogen-bond donors (Lipinski definition) is 1. The lowest BCUT2D eigenvalue weighted by atomic mass is 10.1. The summed E-state index contributed by atoms with van der Waals surface area (Å²) in [7, 11) is 1.65. The van der Waals surface area contributed by atoms with Crippen molar-refractivity contribution in [2.24, 2.45) is 0 Å². The minimum Gasteiger partial charge on any atom is -0.495 e. The van der Waals surface area contributed by atoms with E-state index in [1.165, 1.54) is 0 Å². The molecule has 6 heteroatoms. The average Bonchev–Trinajstić information content (AvgIpc) is 2.41. The van der Waals surface area contributed by atoms with Crippen LogP contribution in [-0.2, 0) is 0 Å². The summed E-state index contributed by atoms with van der Waals surface area (Å²) in [5, 5.41) is 4.17. The largest absolute Gasteiger partial charge is 0.495 e. The van der Waals surface area contributed by atoms with E-state index < -0.39 is 0 Å². The van der Waals surface area contributed by atoms with Gasteiger partial charge in [-0.2, -0.15) is 0 Å². The first kappa shape index (κ1) is 17.1. The first-order chi connectivity index (χ1) is 9.92. The van der Waals surface area contributed by atoms with E-state index in [1.54, 1.807) is 7.11 Å². The van der Waals surface area contributed by atoms with Crippen LogP contribution in [0.5, 0.6) is 5.75 Å². The number of anilines is 1. The van der Waals surface area contributed by atoms with Crippen molar-refractivity contribution in [1.82, 2.24) is 0 Å². The molecule has 1 unspecified atom stereocenters. The van der Waals surface area contributed by atoms with Crippen LogP contribution in [0.1, 0.15) is 18.5 Å². The topological polar surface area (TPSA) is 21.3 Å². The molecule has 0 aliphatic heterocycles. The Morgan fingerprint density at radius 2 is 1.81 bits per heavy atom. The highest BCUT2D eigenvalue weighted by Crippen LogP contribution is 2.37. The molecule has 0 bridgehead atoms. The molecule has 0 saturated heterocycles. The molecule has 0 aromatic heterocycles. The molecule has 0 spiro atoms. The smallest absolute Gasteiger partial charge is 0.135 e. The summed E-state index contributed by atoms with van der Waals surface area (Å²) in [6.45, 7) is 2.07. The highest BCUT2D eigenvalue weighted by molar-refractivity contribution is 9.11. The molecule has 1 atom stereocenters. The monoisotopic (exact) mass is 495 g/mol. The van der Waals surface area contributed by atoms with Crippen molar-refractivity contribution >= 4 is 65.1 Å². The van der Waals surface area contributed by atoms with Crippen molar-refractivity contribution in [3.63, 3.8) is 0 Å². The Kier molecular flexibility index (Phi) is 6.00. The van der Waals surface area contributed by atoms with Gasteiger partial charge in [0.2, 0.25) is 0 Å². The van der Waals surface area contributed by atoms with Gasteiger partial charge in [0.1, 0.15) is 5.75 Å². The third kappa shape index (κ3) is 4.15. The average molecular weight is 498 g/mol. The van der Waals surface area contributed by atoms with E-state index in [4.69, 9.17) is 16.3 Å². The molecule has 0 aliphatic rings. The van der Waals surface area contributed by atoms with Gasteiger partial charge in [-0.3, -0.25) is 0 Å². The lowest BCUT2D eigenvalue weighted by Crippen LogP contribution is -2.08. The van der Waals surface area contributed by atoms with E-state index in [0.29, 0.717) is 0 Å². The maximum absolute atomic E-state index is 6.30. The summed E-state index contributed by atoms with van der Waals surface area (Å²) in [5.41, 5.74) is 1.98. The van der Waals surface area contributed by atoms with Crippen LogP contribution in [0.4, 0.5) is 5.69 Å². The van der Waals surface area contributed by atoms with Gasteiger partial charge in [0.15, 0.2) is 0 Å². The molecule has 0 heterocycles. The van der Waals surface area contributed by atoms with Gasteiger partial charge in [0, 0.05) is 20.0 Å². The van der Waals surface area contributed by atoms with Crippen LogP contribution >= 0.6 is 59.4 Å². The Hall–Kier alpha value is -0.230. The fourth-order valence-corrected chi connectivity index (χ4v) is 4.07. The Labute approximate surface area is 154 Å². The minimum atomic E-state index is 0.0628. The second-order valence-corrected chi connectivity index (χ2v) is 7.53. The maximum Gasteiger partial charge on any atom is 0.135 e. The van der Waals surface area contributed by atoms with Crippen LogP contribution < -0.4 is 10.1 Å². The van der Waals surface area contributed by atoms with Crippen LogP contribution in [0.15, 0.2) is 43.7 Å². The Morgan fingerprint density at radius 3 is 2.43 bits per heavy atom. The van der Waals surface area contributed by atoms with Crippen LogP contribution in [0.2, 0.25) is 5.02 Å². The number of ether oxygens (including phenoxy) is 1. The second kappa shape index (κ2) is 7.36. The molecule has 0 amide bonds. The fourth-order valence-electron chi connectivity index (χ4n) is 1.96. The molecular formula is C15H13Br3ClNO. The van der Waals surface area contributed by atoms with E-state index in [2.05, 4.69) is 60.0 Å². The summed E-state index contributed by atoms with van der Waals surface area (Å²) in [6, 6.07) is 9.85. The fraction of sp³-hybridized carbons (Fsp3) is 0.200. The van der Waals surface area contributed by atoms with Gasteiger partial charge >= 0.3 is 0 Å². The second-order valence-electron chi connectivity index (χ2n) is 4.50. The van der Waals surface area contributed by atoms with Gasteiger partial charge in [-0.15, -0.1) is 0 Å². The molecule has 2 aromatic rings. The van der Waals surface area contributed by atoms with Crippen molar-refractivity contribution < 1.29 is 4.74 Å². The SMILES string of the molecule is COc1cc(NC(C)c2ccc(Br)cc2Cl)c(Br)cc1Br. The molecule has 0 fully saturated rings. The molecule has 21 heavy (non-hydrogen) atoms. The molecule has 0 aliphatic carbocycles. The van der Waals surface area contributed by atoms with Crippen LogP contribution in [0, 0.1) is 0 Å². The number of methoxy groups -OCH3 is 1. The Morgan fingerprint density at radius 1 is 1.10 bits per heavy atom. The zero-order chi connectivity index (χ0) is 15.6. The Balaban J connectivity index is 2.29. The maximum atomic E-state index is 6.30. The number of halogens is 4. The normalized spacial score (nSPS) is 12.1. The molecular weight excluding hydrogens is 485 g/mol. The highest BCUT2D eigenvalue weighted by atomic mass is 79.9. The summed E-state index contributed by atoms with van der Waals surface area (Å²) < 4.78 is 8.15. The van der Waals surface area contributed by atoms with E-state index in [1.807, 2.05) is 30.3 Å². The van der Waals surface area contributed by atoms with Crippen molar-refractivity contribution in [2.45, 2.75) is 13.0 Å². The molecule has 1 N–H and O–H groups in total. The van der Waals surface area contributed by atoms with E-state index in [0.717, 1.165) is 35.4 Å². The predicted molar refractivity (Wildman–Crippen MR) is 99.6 cm³/mol. The summed E-state index contributed by atoms with van der Waals surface area (Å²) in [4.78, 5) is 0. The Bertz CT molecular complexity index is 664. The third-order valence-corrected chi connectivity index (χ3v) is 5.14. The van der Waals surface area contributed by atoms with Crippen molar-refractivity contribution in [1.29, 1.82) is 0 Å². The molecule has 2 nitrogen and oxygen atoms in total. The van der Waals surface area contributed by atoms with E-state index in [-0.39, 0.29) is 6.04 Å². The summed E-state index contributed by atoms with van der Waals surface area (Å²) in [5.74, 6) is 0.773. The standard InChI is InChI=1S/C15H13Br3ClNO/c1-8(10-4-3-9(16)5-13(10)19)20-14-7-15(21-2)12(18)6-11(14)17/h3-8,20H,1-2H3. The van der Waals surface area contributed by atoms with Gasteiger partial charge in [0.25, 0.3) is 0 Å². The van der Waals surface area contributed by atoms with Crippen LogP contribution in [0.3, 0.4) is 0 Å². The van der Waals surface area contributed by atoms with Crippen LogP contribution in [0.25, 0.3) is 0 Å². The van der Waals surface area contributed by atoms with Crippen molar-refractivity contribution in [2.75, 3.05) is 12.4 Å². The highest BCUT2D eigenvalue weighted by Gasteiger charge is 2.13. The lowest BCUT2D eigenvalue weighted by Gasteiger charge is -2.19. The first-order valence-electron chi connectivity index (χ1n) is 6.17. The minimum absolute atomic E-state index is 0.0628. The van der Waals surface area contributed by atoms with Gasteiger partial charge in [-0.25, -0.2) is 0 Å². The molecule has 112 valence electrons. The first-order valence-corrected chi connectivity index (χ1v) is 8.92. The zero-order valence-corrected chi connectivity index (χ0v) is 16.9. The van der Waals surface area contributed by atoms with Gasteiger partial charge in [-0.05, 0) is 62.5 Å². The quantitative estimate of drug-likeness (QED) is 0.500. The molecule has 2 rings (SSSR count). The molecule has 0 saturated carbocycles. The lowest BCUT2D eigenvalue weighted by molar-refractivity contribution is 0.412. The number of hydrogen-bond acceptors (Lipinski definition) is 2. The van der Waals surface area contributed by atoms with E-state index in [9.17, 15) is 0 Å². The third-order valence-electron chi connectivity index (χ3n) is 3.04.